The largest absolute Gasteiger partial charge is 1.00 e. The molecule has 4 nitrogen and oxygen atoms in total. The van der Waals surface area contributed by atoms with Gasteiger partial charge >= 0.3 is 0 Å². The molecule has 2 heterocycles. The molecule has 5 heteroatoms. The molecule has 0 aromatic heterocycles. The van der Waals surface area contributed by atoms with Crippen molar-refractivity contribution in [2.75, 3.05) is 22.9 Å². The topological polar surface area (TPSA) is 24.9 Å². The summed E-state index contributed by atoms with van der Waals surface area (Å²) in [5.41, 5.74) is 2.36. The molecule has 2 aliphatic heterocycles. The molecule has 2 aliphatic rings. The number of nitrogens with zero attached hydrogens (tertiary/aromatic N) is 2. The first-order chi connectivity index (χ1) is 22.8. The minimum absolute atomic E-state index is 0. The van der Waals surface area contributed by atoms with Gasteiger partial charge in [0, 0.05) is 13.1 Å². The van der Waals surface area contributed by atoms with E-state index in [-0.39, 0.29) is 30.2 Å². The minimum atomic E-state index is -0.0871. The van der Waals surface area contributed by atoms with E-state index in [1.165, 1.54) is 140 Å². The van der Waals surface area contributed by atoms with Crippen molar-refractivity contribution in [3.05, 3.63) is 72.6 Å². The van der Waals surface area contributed by atoms with E-state index in [1.54, 1.807) is 0 Å². The predicted octanol–water partition coefficient (Wildman–Crippen LogP) is 9.74. The first-order valence-electron chi connectivity index (χ1n) is 19.3. The van der Waals surface area contributed by atoms with Crippen LogP contribution in [-0.2, 0) is 0 Å². The van der Waals surface area contributed by atoms with E-state index in [1.807, 2.05) is 6.07 Å². The number of para-hydroxylation sites is 4. The van der Waals surface area contributed by atoms with Gasteiger partial charge in [-0.05, 0) is 49.3 Å². The second-order valence-electron chi connectivity index (χ2n) is 13.5. The highest BCUT2D eigenvalue weighted by Gasteiger charge is 2.28. The molecular weight excluding hydrogens is 691 g/mol. The van der Waals surface area contributed by atoms with E-state index in [0.29, 0.717) is 0 Å². The maximum atomic E-state index is 6.30. The molecule has 0 N–H and O–H groups in total. The van der Waals surface area contributed by atoms with Gasteiger partial charge in [0.05, 0.1) is 11.4 Å². The first kappa shape index (κ1) is 39.3. The zero-order valence-electron chi connectivity index (χ0n) is 29.8. The van der Waals surface area contributed by atoms with Crippen LogP contribution in [0.2, 0.25) is 0 Å². The van der Waals surface area contributed by atoms with Crippen molar-refractivity contribution in [1.82, 2.24) is 0 Å². The van der Waals surface area contributed by atoms with Crippen LogP contribution in [0.4, 0.5) is 11.4 Å². The Morgan fingerprint density at radius 2 is 1.04 bits per heavy atom. The van der Waals surface area contributed by atoms with Gasteiger partial charge in [0.2, 0.25) is 5.88 Å². The van der Waals surface area contributed by atoms with Crippen LogP contribution in [0.25, 0.3) is 0 Å². The highest BCUT2D eigenvalue weighted by Crippen LogP contribution is 2.39. The van der Waals surface area contributed by atoms with Crippen molar-refractivity contribution >= 4 is 11.4 Å². The molecule has 262 valence electrons. The van der Waals surface area contributed by atoms with E-state index < -0.39 is 0 Å². The van der Waals surface area contributed by atoms with Crippen molar-refractivity contribution in [1.29, 1.82) is 0 Å². The molecule has 0 fully saturated rings. The molecule has 47 heavy (non-hydrogen) atoms. The fourth-order valence-corrected chi connectivity index (χ4v) is 6.92. The number of halogens is 1. The number of benzene rings is 2. The second kappa shape index (κ2) is 24.1. The Hall–Kier alpha value is -2.15. The van der Waals surface area contributed by atoms with Gasteiger partial charge in [-0.25, -0.2) is 0 Å². The zero-order valence-corrected chi connectivity index (χ0v) is 31.9. The van der Waals surface area contributed by atoms with Gasteiger partial charge in [0.1, 0.15) is 5.75 Å². The van der Waals surface area contributed by atoms with Crippen molar-refractivity contribution in [3.63, 3.8) is 0 Å². The molecule has 4 rings (SSSR count). The lowest BCUT2D eigenvalue weighted by Crippen LogP contribution is -3.00. The smallest absolute Gasteiger partial charge is 0.200 e. The SMILES string of the molecule is CCCCCCCCCCCCCCCCCCCCCCN1C(=CC=CC2Oc3ccccc3N2CCC)Oc2ccccc21.[I-]. The summed E-state index contributed by atoms with van der Waals surface area (Å²) < 4.78 is 12.6. The van der Waals surface area contributed by atoms with Crippen molar-refractivity contribution < 1.29 is 33.5 Å². The van der Waals surface area contributed by atoms with Gasteiger partial charge in [-0.2, -0.15) is 0 Å². The van der Waals surface area contributed by atoms with E-state index >= 15 is 0 Å². The highest BCUT2D eigenvalue weighted by molar-refractivity contribution is 5.66. The fraction of sp³-hybridized carbons (Fsp3) is 0.619. The van der Waals surface area contributed by atoms with Gasteiger partial charge in [0.15, 0.2) is 12.0 Å². The summed E-state index contributed by atoms with van der Waals surface area (Å²) in [5.74, 6) is 2.82. The zero-order chi connectivity index (χ0) is 32.1. The van der Waals surface area contributed by atoms with Crippen LogP contribution in [0.15, 0.2) is 72.6 Å². The van der Waals surface area contributed by atoms with E-state index in [2.05, 4.69) is 84.3 Å². The standard InChI is InChI=1S/C42H64N2O2.HI/c1-3-5-6-7-8-9-10-11-12-13-14-15-16-17-18-19-20-21-22-27-36-44-38-30-24-26-32-40(38)46-42(44)34-28-33-41-43(35-4-2)37-29-23-25-31-39(37)45-41;/h23-26,28-34,41H,3-22,27,35-36H2,1-2H3;1H/p-1. The molecule has 1 unspecified atom stereocenters. The minimum Gasteiger partial charge on any atom is -1.00 e. The number of ether oxygens (including phenoxy) is 2. The molecule has 1 atom stereocenters. The Balaban J connectivity index is 0.00000600. The van der Waals surface area contributed by atoms with Crippen LogP contribution in [-0.4, -0.2) is 19.3 Å². The van der Waals surface area contributed by atoms with Crippen molar-refractivity contribution in [2.45, 2.75) is 155 Å². The molecule has 0 bridgehead atoms. The first-order valence-corrected chi connectivity index (χ1v) is 19.3. The third-order valence-corrected chi connectivity index (χ3v) is 9.58. The maximum absolute atomic E-state index is 6.30. The Bertz CT molecular complexity index is 1160. The van der Waals surface area contributed by atoms with Crippen molar-refractivity contribution in [3.8, 4) is 11.5 Å². The Labute approximate surface area is 305 Å². The van der Waals surface area contributed by atoms with E-state index in [0.717, 1.165) is 36.9 Å². The number of unbranched alkanes of at least 4 members (excludes halogenated alkanes) is 19. The summed E-state index contributed by atoms with van der Waals surface area (Å²) in [6.07, 6.45) is 35.5. The van der Waals surface area contributed by atoms with Gasteiger partial charge in [-0.1, -0.05) is 166 Å². The summed E-state index contributed by atoms with van der Waals surface area (Å²) >= 11 is 0. The van der Waals surface area contributed by atoms with Crippen LogP contribution >= 0.6 is 0 Å². The Kier molecular flexibility index (Phi) is 20.1. The second-order valence-corrected chi connectivity index (χ2v) is 13.5. The number of hydrogen-bond donors (Lipinski definition) is 0. The van der Waals surface area contributed by atoms with E-state index in [4.69, 9.17) is 9.47 Å². The van der Waals surface area contributed by atoms with Gasteiger partial charge in [-0.15, -0.1) is 0 Å². The molecule has 0 aliphatic carbocycles. The lowest BCUT2D eigenvalue weighted by atomic mass is 10.0. The molecule has 0 radical (unpaired) electrons. The van der Waals surface area contributed by atoms with Gasteiger partial charge in [0.25, 0.3) is 0 Å². The summed E-state index contributed by atoms with van der Waals surface area (Å²) in [5, 5.41) is 0. The Morgan fingerprint density at radius 3 is 1.60 bits per heavy atom. The van der Waals surface area contributed by atoms with Crippen LogP contribution in [0, 0.1) is 0 Å². The fourth-order valence-electron chi connectivity index (χ4n) is 6.92. The van der Waals surface area contributed by atoms with Gasteiger partial charge < -0.3 is 43.3 Å². The lowest BCUT2D eigenvalue weighted by Gasteiger charge is -2.22. The van der Waals surface area contributed by atoms with Crippen LogP contribution < -0.4 is 43.3 Å². The predicted molar refractivity (Wildman–Crippen MR) is 198 cm³/mol. The third kappa shape index (κ3) is 13.7. The monoisotopic (exact) mass is 755 g/mol. The summed E-state index contributed by atoms with van der Waals surface area (Å²) in [7, 11) is 0. The molecule has 0 spiro atoms. The number of fused-ring (bicyclic) bond motifs is 2. The number of rotatable bonds is 25. The molecule has 2 aromatic carbocycles. The number of anilines is 2. The summed E-state index contributed by atoms with van der Waals surface area (Å²) in [4.78, 5) is 4.69. The average Bonchev–Trinajstić information content (AvgIpc) is 3.61. The van der Waals surface area contributed by atoms with Crippen LogP contribution in [0.1, 0.15) is 149 Å². The van der Waals surface area contributed by atoms with E-state index in [9.17, 15) is 0 Å². The van der Waals surface area contributed by atoms with Gasteiger partial charge in [-0.3, -0.25) is 0 Å². The average molecular weight is 756 g/mol. The molecule has 0 saturated carbocycles. The summed E-state index contributed by atoms with van der Waals surface area (Å²) in [6, 6.07) is 16.7. The molecule has 0 amide bonds. The van der Waals surface area contributed by atoms with Crippen LogP contribution in [0.3, 0.4) is 0 Å². The normalized spacial score (nSPS) is 16.0. The number of allylic oxidation sites excluding steroid dienone is 2. The molecule has 2 aromatic rings. The Morgan fingerprint density at radius 1 is 0.553 bits per heavy atom. The summed E-state index contributed by atoms with van der Waals surface area (Å²) in [6.45, 7) is 6.47. The molecular formula is C42H64IN2O2-. The quantitative estimate of drug-likeness (QED) is 0.0745. The number of hydrogen-bond acceptors (Lipinski definition) is 4. The third-order valence-electron chi connectivity index (χ3n) is 9.58. The molecule has 0 saturated heterocycles. The highest BCUT2D eigenvalue weighted by atomic mass is 127. The maximum Gasteiger partial charge on any atom is 0.200 e. The van der Waals surface area contributed by atoms with Crippen molar-refractivity contribution in [2.24, 2.45) is 0 Å². The lowest BCUT2D eigenvalue weighted by molar-refractivity contribution is -0.0000106. The van der Waals surface area contributed by atoms with Crippen LogP contribution in [0.5, 0.6) is 11.5 Å².